The Kier molecular flexibility index (Phi) is 8.23. The standard InChI is InChI=1S/C20H33N5O2/c1-4-22-20(24-17-10-13-25(14-11-17)19(21)26)23-12-9-15(2)16-5-7-18(27-3)8-6-16/h5-8,15,17H,4,9-14H2,1-3H3,(H2,21,26)(H2,22,23,24). The molecule has 0 radical (unpaired) electrons. The number of urea groups is 1. The molecule has 7 nitrogen and oxygen atoms in total. The van der Waals surface area contributed by atoms with Gasteiger partial charge in [-0.1, -0.05) is 19.1 Å². The first-order valence-corrected chi connectivity index (χ1v) is 9.76. The van der Waals surface area contributed by atoms with Crippen molar-refractivity contribution in [1.29, 1.82) is 0 Å². The summed E-state index contributed by atoms with van der Waals surface area (Å²) in [5.74, 6) is 2.16. The Bertz CT molecular complexity index is 609. The van der Waals surface area contributed by atoms with Crippen LogP contribution in [0.3, 0.4) is 0 Å². The van der Waals surface area contributed by atoms with Crippen LogP contribution >= 0.6 is 0 Å². The molecule has 2 rings (SSSR count). The fourth-order valence-electron chi connectivity index (χ4n) is 3.23. The van der Waals surface area contributed by atoms with E-state index in [0.717, 1.165) is 44.1 Å². The molecule has 1 fully saturated rings. The zero-order valence-corrected chi connectivity index (χ0v) is 16.7. The summed E-state index contributed by atoms with van der Waals surface area (Å²) >= 11 is 0. The summed E-state index contributed by atoms with van der Waals surface area (Å²) < 4.78 is 5.21. The van der Waals surface area contributed by atoms with Crippen molar-refractivity contribution in [2.24, 2.45) is 10.7 Å². The van der Waals surface area contributed by atoms with E-state index in [-0.39, 0.29) is 6.03 Å². The average Bonchev–Trinajstić information content (AvgIpc) is 2.68. The molecule has 1 unspecified atom stereocenters. The van der Waals surface area contributed by atoms with Crippen LogP contribution in [0.25, 0.3) is 0 Å². The van der Waals surface area contributed by atoms with Crippen LogP contribution in [0.4, 0.5) is 4.79 Å². The van der Waals surface area contributed by atoms with Gasteiger partial charge in [0.15, 0.2) is 5.96 Å². The zero-order valence-electron chi connectivity index (χ0n) is 16.7. The van der Waals surface area contributed by atoms with Crippen molar-refractivity contribution in [2.45, 2.75) is 45.1 Å². The second kappa shape index (κ2) is 10.6. The molecule has 1 aliphatic rings. The van der Waals surface area contributed by atoms with Gasteiger partial charge in [0.1, 0.15) is 5.75 Å². The minimum absolute atomic E-state index is 0.317. The number of carbonyl (C=O) groups is 1. The fraction of sp³-hybridized carbons (Fsp3) is 0.600. The van der Waals surface area contributed by atoms with Crippen LogP contribution in [-0.2, 0) is 0 Å². The van der Waals surface area contributed by atoms with Crippen molar-refractivity contribution in [3.8, 4) is 5.75 Å². The van der Waals surface area contributed by atoms with E-state index < -0.39 is 0 Å². The normalized spacial score (nSPS) is 16.7. The van der Waals surface area contributed by atoms with E-state index in [2.05, 4.69) is 36.6 Å². The number of carbonyl (C=O) groups excluding carboxylic acids is 1. The Labute approximate surface area is 162 Å². The molecule has 2 amide bonds. The highest BCUT2D eigenvalue weighted by molar-refractivity contribution is 5.80. The van der Waals surface area contributed by atoms with Gasteiger partial charge in [0, 0.05) is 32.2 Å². The number of hydrogen-bond donors (Lipinski definition) is 3. The van der Waals surface area contributed by atoms with Gasteiger partial charge in [0.25, 0.3) is 0 Å². The third kappa shape index (κ3) is 6.66. The number of amides is 2. The molecule has 0 aromatic heterocycles. The molecule has 1 aromatic rings. The number of rotatable bonds is 7. The maximum Gasteiger partial charge on any atom is 0.314 e. The number of ether oxygens (including phenoxy) is 1. The summed E-state index contributed by atoms with van der Waals surface area (Å²) in [6, 6.07) is 8.21. The van der Waals surface area contributed by atoms with Gasteiger partial charge >= 0.3 is 6.03 Å². The number of nitrogens with one attached hydrogen (secondary N) is 2. The third-order valence-electron chi connectivity index (χ3n) is 5.01. The van der Waals surface area contributed by atoms with Crippen molar-refractivity contribution in [3.63, 3.8) is 0 Å². The van der Waals surface area contributed by atoms with E-state index >= 15 is 0 Å². The van der Waals surface area contributed by atoms with Crippen LogP contribution in [0, 0.1) is 0 Å². The summed E-state index contributed by atoms with van der Waals surface area (Å²) in [6.07, 6.45) is 2.74. The molecule has 27 heavy (non-hydrogen) atoms. The van der Waals surface area contributed by atoms with E-state index in [1.807, 2.05) is 12.1 Å². The van der Waals surface area contributed by atoms with Crippen molar-refractivity contribution < 1.29 is 9.53 Å². The van der Waals surface area contributed by atoms with E-state index in [9.17, 15) is 4.79 Å². The van der Waals surface area contributed by atoms with Gasteiger partial charge in [-0.15, -0.1) is 0 Å². The Morgan fingerprint density at radius 2 is 2.00 bits per heavy atom. The molecule has 150 valence electrons. The second-order valence-corrected chi connectivity index (χ2v) is 6.97. The number of piperidine rings is 1. The predicted molar refractivity (Wildman–Crippen MR) is 109 cm³/mol. The number of likely N-dealkylation sites (tertiary alicyclic amines) is 1. The van der Waals surface area contributed by atoms with E-state index in [1.165, 1.54) is 5.56 Å². The lowest BCUT2D eigenvalue weighted by Crippen LogP contribution is -2.50. The largest absolute Gasteiger partial charge is 0.497 e. The molecule has 7 heteroatoms. The average molecular weight is 376 g/mol. The second-order valence-electron chi connectivity index (χ2n) is 6.97. The van der Waals surface area contributed by atoms with Crippen molar-refractivity contribution in [2.75, 3.05) is 33.3 Å². The molecule has 4 N–H and O–H groups in total. The molecule has 0 bridgehead atoms. The zero-order chi connectivity index (χ0) is 19.6. The van der Waals surface area contributed by atoms with Crippen LogP contribution < -0.4 is 21.1 Å². The minimum atomic E-state index is -0.332. The Morgan fingerprint density at radius 1 is 1.33 bits per heavy atom. The predicted octanol–water partition coefficient (Wildman–Crippen LogP) is 2.29. The van der Waals surface area contributed by atoms with Gasteiger partial charge in [-0.2, -0.15) is 0 Å². The monoisotopic (exact) mass is 375 g/mol. The van der Waals surface area contributed by atoms with Crippen LogP contribution in [0.2, 0.25) is 0 Å². The minimum Gasteiger partial charge on any atom is -0.497 e. The number of aliphatic imine (C=N–C) groups is 1. The smallest absolute Gasteiger partial charge is 0.314 e. The molecule has 1 aliphatic heterocycles. The third-order valence-corrected chi connectivity index (χ3v) is 5.01. The van der Waals surface area contributed by atoms with Crippen LogP contribution in [0.5, 0.6) is 5.75 Å². The van der Waals surface area contributed by atoms with Gasteiger partial charge in [0.2, 0.25) is 0 Å². The number of nitrogens with zero attached hydrogens (tertiary/aromatic N) is 2. The topological polar surface area (TPSA) is 92.0 Å². The highest BCUT2D eigenvalue weighted by Crippen LogP contribution is 2.21. The van der Waals surface area contributed by atoms with Crippen molar-refractivity contribution in [1.82, 2.24) is 15.5 Å². The Hall–Kier alpha value is -2.44. The fourth-order valence-corrected chi connectivity index (χ4v) is 3.23. The molecule has 0 aliphatic carbocycles. The van der Waals surface area contributed by atoms with Gasteiger partial charge in [-0.25, -0.2) is 4.79 Å². The van der Waals surface area contributed by atoms with Crippen LogP contribution in [-0.4, -0.2) is 56.2 Å². The van der Waals surface area contributed by atoms with Gasteiger partial charge in [-0.05, 0) is 49.8 Å². The molecule has 1 atom stereocenters. The lowest BCUT2D eigenvalue weighted by Gasteiger charge is -2.32. The molecule has 1 heterocycles. The summed E-state index contributed by atoms with van der Waals surface area (Å²) in [5, 5.41) is 6.80. The maximum atomic E-state index is 11.2. The van der Waals surface area contributed by atoms with Crippen molar-refractivity contribution >= 4 is 12.0 Å². The molecule has 0 saturated carbocycles. The lowest BCUT2D eigenvalue weighted by atomic mass is 9.98. The maximum absolute atomic E-state index is 11.2. The van der Waals surface area contributed by atoms with Gasteiger partial charge < -0.3 is 26.0 Å². The van der Waals surface area contributed by atoms with Crippen molar-refractivity contribution in [3.05, 3.63) is 29.8 Å². The highest BCUT2D eigenvalue weighted by Gasteiger charge is 2.21. The first-order valence-electron chi connectivity index (χ1n) is 9.76. The summed E-state index contributed by atoms with van der Waals surface area (Å²) in [4.78, 5) is 17.6. The van der Waals surface area contributed by atoms with E-state index in [0.29, 0.717) is 25.0 Å². The number of nitrogens with two attached hydrogens (primary N) is 1. The highest BCUT2D eigenvalue weighted by atomic mass is 16.5. The number of primary amides is 1. The van der Waals surface area contributed by atoms with E-state index in [1.54, 1.807) is 12.0 Å². The van der Waals surface area contributed by atoms with E-state index in [4.69, 9.17) is 15.5 Å². The first-order chi connectivity index (χ1) is 13.0. The number of benzene rings is 1. The van der Waals surface area contributed by atoms with Crippen LogP contribution in [0.15, 0.2) is 29.3 Å². The van der Waals surface area contributed by atoms with Gasteiger partial charge in [0.05, 0.1) is 7.11 Å². The molecule has 1 aromatic carbocycles. The summed E-state index contributed by atoms with van der Waals surface area (Å²) in [6.45, 7) is 7.24. The van der Waals surface area contributed by atoms with Gasteiger partial charge in [-0.3, -0.25) is 4.99 Å². The Balaban J connectivity index is 1.82. The molecular weight excluding hydrogens is 342 g/mol. The number of hydrogen-bond acceptors (Lipinski definition) is 3. The van der Waals surface area contributed by atoms with Crippen LogP contribution in [0.1, 0.15) is 44.6 Å². The summed E-state index contributed by atoms with van der Waals surface area (Å²) in [5.41, 5.74) is 6.64. The summed E-state index contributed by atoms with van der Waals surface area (Å²) in [7, 11) is 1.68. The molecular formula is C20H33N5O2. The molecule has 1 saturated heterocycles. The number of methoxy groups -OCH3 is 1. The molecule has 0 spiro atoms. The Morgan fingerprint density at radius 3 is 2.56 bits per heavy atom. The quantitative estimate of drug-likeness (QED) is 0.504. The first kappa shape index (κ1) is 20.9. The number of guanidine groups is 1. The SMILES string of the molecule is CCNC(=NCCC(C)c1ccc(OC)cc1)NC1CCN(C(N)=O)CC1. The lowest BCUT2D eigenvalue weighted by molar-refractivity contribution is 0.188.